The largest absolute Gasteiger partial charge is 0.465 e. The van der Waals surface area contributed by atoms with Gasteiger partial charge in [-0.15, -0.1) is 0 Å². The Kier molecular flexibility index (Phi) is 3.90. The summed E-state index contributed by atoms with van der Waals surface area (Å²) in [5.74, 6) is 0.771. The molecule has 0 bridgehead atoms. The molecule has 0 amide bonds. The van der Waals surface area contributed by atoms with E-state index < -0.39 is 0 Å². The fraction of sp³-hybridized carbons (Fsp3) is 0.333. The van der Waals surface area contributed by atoms with Gasteiger partial charge in [-0.05, 0) is 32.0 Å². The molecule has 0 spiro atoms. The Balaban J connectivity index is 1.75. The van der Waals surface area contributed by atoms with Gasteiger partial charge in [0.25, 0.3) is 0 Å². The van der Waals surface area contributed by atoms with E-state index in [1.54, 1.807) is 6.20 Å². The van der Waals surface area contributed by atoms with Crippen LogP contribution in [0, 0.1) is 0 Å². The number of benzene rings is 1. The summed E-state index contributed by atoms with van der Waals surface area (Å²) in [6, 6.07) is 9.91. The second-order valence-electron chi connectivity index (χ2n) is 6.14. The number of halogens is 1. The van der Waals surface area contributed by atoms with Gasteiger partial charge in [-0.3, -0.25) is 0 Å². The summed E-state index contributed by atoms with van der Waals surface area (Å²) < 4.78 is 13.0. The van der Waals surface area contributed by atoms with E-state index in [4.69, 9.17) is 26.1 Å². The molecule has 2 aromatic heterocycles. The van der Waals surface area contributed by atoms with Gasteiger partial charge in [0.15, 0.2) is 5.65 Å². The highest BCUT2D eigenvalue weighted by atomic mass is 35.5. The maximum absolute atomic E-state index is 6.44. The molecular formula is C18H18ClN3O2. The zero-order chi connectivity index (χ0) is 16.7. The highest BCUT2D eigenvalue weighted by Crippen LogP contribution is 2.31. The van der Waals surface area contributed by atoms with E-state index >= 15 is 0 Å². The van der Waals surface area contributed by atoms with E-state index in [9.17, 15) is 0 Å². The van der Waals surface area contributed by atoms with Crippen LogP contribution in [0.4, 0.5) is 0 Å². The number of hydrogen-bond acceptors (Lipinski definition) is 4. The number of aromatic nitrogens is 3. The van der Waals surface area contributed by atoms with Gasteiger partial charge in [0.05, 0.1) is 28.9 Å². The molecule has 0 radical (unpaired) electrons. The lowest BCUT2D eigenvalue weighted by atomic mass is 10.1. The quantitative estimate of drug-likeness (QED) is 0.701. The Labute approximate surface area is 145 Å². The molecule has 1 aromatic carbocycles. The molecule has 4 rings (SSSR count). The summed E-state index contributed by atoms with van der Waals surface area (Å²) in [6.07, 6.45) is 2.55. The summed E-state index contributed by atoms with van der Waals surface area (Å²) in [4.78, 5) is 4.77. The number of pyridine rings is 1. The highest BCUT2D eigenvalue weighted by molar-refractivity contribution is 6.35. The van der Waals surface area contributed by atoms with Crippen LogP contribution in [0.5, 0.6) is 5.75 Å². The topological polar surface area (TPSA) is 49.2 Å². The van der Waals surface area contributed by atoms with Crippen molar-refractivity contribution in [2.24, 2.45) is 0 Å². The van der Waals surface area contributed by atoms with E-state index in [-0.39, 0.29) is 12.3 Å². The van der Waals surface area contributed by atoms with E-state index in [0.29, 0.717) is 5.02 Å². The minimum Gasteiger partial charge on any atom is -0.465 e. The second-order valence-corrected chi connectivity index (χ2v) is 6.55. The molecule has 1 aliphatic rings. The fourth-order valence-electron chi connectivity index (χ4n) is 2.69. The number of ether oxygens (including phenoxy) is 2. The van der Waals surface area contributed by atoms with Gasteiger partial charge in [0, 0.05) is 18.0 Å². The summed E-state index contributed by atoms with van der Waals surface area (Å²) >= 11 is 6.44. The van der Waals surface area contributed by atoms with E-state index in [1.807, 2.05) is 35.0 Å². The minimum absolute atomic E-state index is 0.137. The Morgan fingerprint density at radius 3 is 2.88 bits per heavy atom. The molecule has 0 saturated carbocycles. The maximum Gasteiger partial charge on any atom is 0.202 e. The van der Waals surface area contributed by atoms with Crippen molar-refractivity contribution in [2.45, 2.75) is 32.6 Å². The van der Waals surface area contributed by atoms with Crippen LogP contribution in [0.1, 0.15) is 26.3 Å². The first-order valence-corrected chi connectivity index (χ1v) is 8.42. The van der Waals surface area contributed by atoms with Crippen LogP contribution in [0.15, 0.2) is 36.5 Å². The molecule has 3 aromatic rings. The van der Waals surface area contributed by atoms with Crippen molar-refractivity contribution >= 4 is 22.6 Å². The highest BCUT2D eigenvalue weighted by Gasteiger charge is 2.20. The Morgan fingerprint density at radius 1 is 1.33 bits per heavy atom. The van der Waals surface area contributed by atoms with E-state index in [0.717, 1.165) is 41.1 Å². The molecule has 0 N–H and O–H groups in total. The van der Waals surface area contributed by atoms with Crippen molar-refractivity contribution in [2.75, 3.05) is 6.61 Å². The van der Waals surface area contributed by atoms with Crippen molar-refractivity contribution in [3.05, 3.63) is 41.6 Å². The molecule has 1 saturated heterocycles. The predicted octanol–water partition coefficient (Wildman–Crippen LogP) is 4.46. The molecule has 3 heterocycles. The van der Waals surface area contributed by atoms with Gasteiger partial charge in [-0.25, -0.2) is 9.67 Å². The van der Waals surface area contributed by atoms with Crippen LogP contribution in [0.3, 0.4) is 0 Å². The zero-order valence-electron chi connectivity index (χ0n) is 13.6. The van der Waals surface area contributed by atoms with Crippen molar-refractivity contribution < 1.29 is 9.47 Å². The lowest BCUT2D eigenvalue weighted by Gasteiger charge is -2.26. The van der Waals surface area contributed by atoms with Crippen molar-refractivity contribution in [1.29, 1.82) is 0 Å². The van der Waals surface area contributed by atoms with E-state index in [1.165, 1.54) is 0 Å². The average molecular weight is 344 g/mol. The number of nitrogens with zero attached hydrogens (tertiary/aromatic N) is 3. The first kappa shape index (κ1) is 15.4. The molecule has 1 fully saturated rings. The smallest absolute Gasteiger partial charge is 0.202 e. The first-order valence-electron chi connectivity index (χ1n) is 8.04. The Hall–Kier alpha value is -2.11. The van der Waals surface area contributed by atoms with Crippen LogP contribution >= 0.6 is 11.6 Å². The molecule has 6 heteroatoms. The van der Waals surface area contributed by atoms with Crippen molar-refractivity contribution in [1.82, 2.24) is 14.8 Å². The van der Waals surface area contributed by atoms with Crippen molar-refractivity contribution in [3.8, 4) is 17.0 Å². The lowest BCUT2D eigenvalue weighted by Crippen LogP contribution is -2.32. The average Bonchev–Trinajstić information content (AvgIpc) is 2.96. The number of rotatable bonds is 4. The summed E-state index contributed by atoms with van der Waals surface area (Å²) in [5, 5.41) is 5.91. The Bertz CT molecular complexity index is 887. The lowest BCUT2D eigenvalue weighted by molar-refractivity contribution is -0.165. The van der Waals surface area contributed by atoms with Crippen molar-refractivity contribution in [3.63, 3.8) is 0 Å². The molecule has 1 unspecified atom stereocenters. The number of hydrogen-bond donors (Lipinski definition) is 0. The van der Waals surface area contributed by atoms with Crippen LogP contribution in [-0.4, -0.2) is 27.7 Å². The molecule has 5 nitrogen and oxygen atoms in total. The van der Waals surface area contributed by atoms with Gasteiger partial charge in [-0.1, -0.05) is 23.7 Å². The third-order valence-corrected chi connectivity index (χ3v) is 4.37. The summed E-state index contributed by atoms with van der Waals surface area (Å²) in [6.45, 7) is 4.90. The molecule has 0 aliphatic carbocycles. The fourth-order valence-corrected chi connectivity index (χ4v) is 2.93. The van der Waals surface area contributed by atoms with Gasteiger partial charge < -0.3 is 9.47 Å². The van der Waals surface area contributed by atoms with Gasteiger partial charge in [0.1, 0.15) is 5.75 Å². The van der Waals surface area contributed by atoms with E-state index in [2.05, 4.69) is 18.9 Å². The minimum atomic E-state index is -0.137. The second kappa shape index (κ2) is 6.07. The molecular weight excluding hydrogens is 326 g/mol. The van der Waals surface area contributed by atoms with Gasteiger partial charge >= 0.3 is 0 Å². The third-order valence-electron chi connectivity index (χ3n) is 4.06. The Morgan fingerprint density at radius 2 is 2.17 bits per heavy atom. The van der Waals surface area contributed by atoms with Gasteiger partial charge in [-0.2, -0.15) is 5.10 Å². The van der Waals surface area contributed by atoms with Gasteiger partial charge in [0.2, 0.25) is 6.29 Å². The third kappa shape index (κ3) is 2.74. The van der Waals surface area contributed by atoms with Crippen LogP contribution in [0.25, 0.3) is 22.3 Å². The maximum atomic E-state index is 6.44. The van der Waals surface area contributed by atoms with Crippen LogP contribution in [0.2, 0.25) is 5.02 Å². The summed E-state index contributed by atoms with van der Waals surface area (Å²) in [5.41, 5.74) is 2.54. The summed E-state index contributed by atoms with van der Waals surface area (Å²) in [7, 11) is 0. The molecule has 124 valence electrons. The standard InChI is InChI=1S/C18H18ClN3O2/c1-11(2)22-18-14(10-20-22)15(19)9-16(21-18)12-4-3-5-13(8-12)24-17-6-7-23-17/h3-5,8-11,17H,6-7H2,1-2H3. The normalized spacial score (nSPS) is 17.2. The first-order chi connectivity index (χ1) is 11.6. The monoisotopic (exact) mass is 343 g/mol. The predicted molar refractivity (Wildman–Crippen MR) is 93.3 cm³/mol. The molecule has 1 aliphatic heterocycles. The van der Waals surface area contributed by atoms with Crippen LogP contribution in [-0.2, 0) is 4.74 Å². The number of fused-ring (bicyclic) bond motifs is 1. The van der Waals surface area contributed by atoms with Crippen LogP contribution < -0.4 is 4.74 Å². The molecule has 24 heavy (non-hydrogen) atoms. The SMILES string of the molecule is CC(C)n1ncc2c(Cl)cc(-c3cccc(OC4CCO4)c3)nc21. The zero-order valence-corrected chi connectivity index (χ0v) is 14.3. The molecule has 1 atom stereocenters.